The van der Waals surface area contributed by atoms with E-state index in [-0.39, 0.29) is 5.78 Å². The van der Waals surface area contributed by atoms with E-state index in [4.69, 9.17) is 9.15 Å². The molecule has 2 rings (SSSR count). The number of carbonyl (C=O) groups excluding carboxylic acids is 1. The van der Waals surface area contributed by atoms with E-state index in [2.05, 4.69) is 0 Å². The third-order valence-electron chi connectivity index (χ3n) is 2.77. The molecule has 0 atom stereocenters. The van der Waals surface area contributed by atoms with E-state index in [1.54, 1.807) is 0 Å². The van der Waals surface area contributed by atoms with E-state index >= 15 is 0 Å². The van der Waals surface area contributed by atoms with Gasteiger partial charge in [-0.3, -0.25) is 4.79 Å². The van der Waals surface area contributed by atoms with Gasteiger partial charge >= 0.3 is 0 Å². The van der Waals surface area contributed by atoms with Crippen LogP contribution in [-0.4, -0.2) is 19.0 Å². The Labute approximate surface area is 107 Å². The van der Waals surface area contributed by atoms with Crippen LogP contribution in [0.1, 0.15) is 35.9 Å². The van der Waals surface area contributed by atoms with Crippen LogP contribution >= 0.6 is 0 Å². The lowest BCUT2D eigenvalue weighted by Crippen LogP contribution is -2.04. The van der Waals surface area contributed by atoms with Crippen LogP contribution in [0.4, 0.5) is 0 Å². The van der Waals surface area contributed by atoms with Crippen molar-refractivity contribution in [3.05, 3.63) is 35.6 Å². The third kappa shape index (κ3) is 2.99. The van der Waals surface area contributed by atoms with Crippen molar-refractivity contribution < 1.29 is 13.9 Å². The highest BCUT2D eigenvalue weighted by Crippen LogP contribution is 2.21. The summed E-state index contributed by atoms with van der Waals surface area (Å²) in [5.41, 5.74) is 1.92. The number of Topliss-reactive ketones (excluding diaryl/α,β-unsaturated/α-hetero) is 1. The van der Waals surface area contributed by atoms with Gasteiger partial charge in [0.05, 0.1) is 6.61 Å². The van der Waals surface area contributed by atoms with E-state index in [0.29, 0.717) is 25.4 Å². The average Bonchev–Trinajstić information content (AvgIpc) is 2.77. The Kier molecular flexibility index (Phi) is 4.15. The van der Waals surface area contributed by atoms with Crippen LogP contribution in [0.5, 0.6) is 0 Å². The van der Waals surface area contributed by atoms with Crippen molar-refractivity contribution in [2.75, 3.05) is 13.2 Å². The van der Waals surface area contributed by atoms with Crippen LogP contribution in [0, 0.1) is 6.92 Å². The molecule has 0 spiro atoms. The molecule has 0 amide bonds. The largest absolute Gasteiger partial charge is 0.453 e. The van der Waals surface area contributed by atoms with Crippen molar-refractivity contribution >= 4 is 16.8 Å². The predicted octanol–water partition coefficient (Wildman–Crippen LogP) is 3.74. The normalized spacial score (nSPS) is 11.0. The summed E-state index contributed by atoms with van der Waals surface area (Å²) in [5.74, 6) is 0.427. The Morgan fingerprint density at radius 3 is 2.89 bits per heavy atom. The maximum absolute atomic E-state index is 11.9. The smallest absolute Gasteiger partial charge is 0.200 e. The molecule has 0 saturated carbocycles. The van der Waals surface area contributed by atoms with Crippen molar-refractivity contribution in [1.82, 2.24) is 0 Å². The molecule has 2 aromatic rings. The minimum absolute atomic E-state index is 0.0000406. The summed E-state index contributed by atoms with van der Waals surface area (Å²) in [6.45, 7) is 5.23. The van der Waals surface area contributed by atoms with Crippen LogP contribution in [0.25, 0.3) is 11.0 Å². The first-order valence-electron chi connectivity index (χ1n) is 6.32. The van der Waals surface area contributed by atoms with Gasteiger partial charge in [-0.05, 0) is 31.5 Å². The van der Waals surface area contributed by atoms with E-state index in [1.807, 2.05) is 38.1 Å². The molecule has 1 heterocycles. The zero-order valence-electron chi connectivity index (χ0n) is 10.9. The summed E-state index contributed by atoms with van der Waals surface area (Å²) in [5, 5.41) is 0.979. The zero-order chi connectivity index (χ0) is 13.0. The first-order valence-corrected chi connectivity index (χ1v) is 6.32. The molecule has 0 radical (unpaired) electrons. The highest BCUT2D eigenvalue weighted by atomic mass is 16.5. The van der Waals surface area contributed by atoms with Crippen LogP contribution in [-0.2, 0) is 4.74 Å². The Balaban J connectivity index is 2.04. The SMILES string of the molecule is CCCOCCC(=O)c1cc2cc(C)ccc2o1. The van der Waals surface area contributed by atoms with Gasteiger partial charge in [-0.25, -0.2) is 0 Å². The molecule has 0 bridgehead atoms. The lowest BCUT2D eigenvalue weighted by atomic mass is 10.1. The highest BCUT2D eigenvalue weighted by molar-refractivity contribution is 5.97. The number of benzene rings is 1. The van der Waals surface area contributed by atoms with Crippen molar-refractivity contribution in [2.24, 2.45) is 0 Å². The van der Waals surface area contributed by atoms with Gasteiger partial charge in [-0.1, -0.05) is 18.6 Å². The number of rotatable bonds is 6. The molecule has 0 saturated heterocycles. The summed E-state index contributed by atoms with van der Waals surface area (Å²) < 4.78 is 10.8. The third-order valence-corrected chi connectivity index (χ3v) is 2.77. The molecule has 0 aliphatic rings. The van der Waals surface area contributed by atoms with Gasteiger partial charge in [0.25, 0.3) is 0 Å². The molecule has 0 N–H and O–H groups in total. The summed E-state index contributed by atoms with van der Waals surface area (Å²) in [6.07, 6.45) is 1.34. The van der Waals surface area contributed by atoms with Gasteiger partial charge in [0.15, 0.2) is 11.5 Å². The first-order chi connectivity index (χ1) is 8.70. The second-order valence-electron chi connectivity index (χ2n) is 4.44. The molecule has 3 heteroatoms. The maximum atomic E-state index is 11.9. The summed E-state index contributed by atoms with van der Waals surface area (Å²) in [4.78, 5) is 11.9. The fraction of sp³-hybridized carbons (Fsp3) is 0.400. The summed E-state index contributed by atoms with van der Waals surface area (Å²) >= 11 is 0. The molecule has 0 fully saturated rings. The minimum atomic E-state index is -0.0000406. The van der Waals surface area contributed by atoms with Crippen molar-refractivity contribution in [1.29, 1.82) is 0 Å². The maximum Gasteiger partial charge on any atom is 0.200 e. The molecule has 18 heavy (non-hydrogen) atoms. The number of ether oxygens (including phenoxy) is 1. The quantitative estimate of drug-likeness (QED) is 0.575. The zero-order valence-corrected chi connectivity index (χ0v) is 10.9. The van der Waals surface area contributed by atoms with Crippen LogP contribution in [0.15, 0.2) is 28.7 Å². The number of ketones is 1. The lowest BCUT2D eigenvalue weighted by molar-refractivity contribution is 0.0856. The molecule has 1 aromatic heterocycles. The van der Waals surface area contributed by atoms with Gasteiger partial charge in [0, 0.05) is 18.4 Å². The monoisotopic (exact) mass is 246 g/mol. The standard InChI is InChI=1S/C15H18O3/c1-3-7-17-8-6-13(16)15-10-12-9-11(2)4-5-14(12)18-15/h4-5,9-10H,3,6-8H2,1-2H3. The Morgan fingerprint density at radius 1 is 1.28 bits per heavy atom. The number of fused-ring (bicyclic) bond motifs is 1. The second kappa shape index (κ2) is 5.83. The molecule has 0 unspecified atom stereocenters. The lowest BCUT2D eigenvalue weighted by Gasteiger charge is -1.99. The number of hydrogen-bond donors (Lipinski definition) is 0. The Bertz CT molecular complexity index is 540. The van der Waals surface area contributed by atoms with Crippen molar-refractivity contribution in [3.8, 4) is 0 Å². The Hall–Kier alpha value is -1.61. The van der Waals surface area contributed by atoms with E-state index in [0.717, 1.165) is 23.0 Å². The fourth-order valence-corrected chi connectivity index (χ4v) is 1.83. The molecular formula is C15H18O3. The molecule has 1 aromatic carbocycles. The summed E-state index contributed by atoms with van der Waals surface area (Å²) in [6, 6.07) is 7.70. The van der Waals surface area contributed by atoms with Crippen molar-refractivity contribution in [3.63, 3.8) is 0 Å². The number of hydrogen-bond acceptors (Lipinski definition) is 3. The van der Waals surface area contributed by atoms with Crippen LogP contribution in [0.3, 0.4) is 0 Å². The molecule has 0 aliphatic carbocycles. The Morgan fingerprint density at radius 2 is 2.11 bits per heavy atom. The summed E-state index contributed by atoms with van der Waals surface area (Å²) in [7, 11) is 0. The molecule has 0 aliphatic heterocycles. The predicted molar refractivity (Wildman–Crippen MR) is 71.0 cm³/mol. The fourth-order valence-electron chi connectivity index (χ4n) is 1.83. The second-order valence-corrected chi connectivity index (χ2v) is 4.44. The topological polar surface area (TPSA) is 39.4 Å². The highest BCUT2D eigenvalue weighted by Gasteiger charge is 2.12. The van der Waals surface area contributed by atoms with E-state index in [1.165, 1.54) is 0 Å². The van der Waals surface area contributed by atoms with Crippen LogP contribution in [0.2, 0.25) is 0 Å². The van der Waals surface area contributed by atoms with Gasteiger partial charge in [-0.15, -0.1) is 0 Å². The molecule has 3 nitrogen and oxygen atoms in total. The van der Waals surface area contributed by atoms with Crippen LogP contribution < -0.4 is 0 Å². The average molecular weight is 246 g/mol. The van der Waals surface area contributed by atoms with Gasteiger partial charge in [0.2, 0.25) is 0 Å². The van der Waals surface area contributed by atoms with Gasteiger partial charge in [-0.2, -0.15) is 0 Å². The first kappa shape index (κ1) is 12.8. The van der Waals surface area contributed by atoms with E-state index < -0.39 is 0 Å². The van der Waals surface area contributed by atoms with E-state index in [9.17, 15) is 4.79 Å². The molecule has 96 valence electrons. The molecular weight excluding hydrogens is 228 g/mol. The minimum Gasteiger partial charge on any atom is -0.453 e. The number of carbonyl (C=O) groups is 1. The number of furan rings is 1. The number of aryl methyl sites for hydroxylation is 1. The van der Waals surface area contributed by atoms with Gasteiger partial charge < -0.3 is 9.15 Å². The van der Waals surface area contributed by atoms with Gasteiger partial charge in [0.1, 0.15) is 5.58 Å². The van der Waals surface area contributed by atoms with Crippen molar-refractivity contribution in [2.45, 2.75) is 26.7 Å².